The summed E-state index contributed by atoms with van der Waals surface area (Å²) in [4.78, 5) is 16.5. The number of hydrogen-bond acceptors (Lipinski definition) is 2. The molecule has 1 heterocycles. The summed E-state index contributed by atoms with van der Waals surface area (Å²) in [6, 6.07) is 4.06. The largest absolute Gasteiger partial charge is 0.299 e. The van der Waals surface area contributed by atoms with Crippen molar-refractivity contribution in [1.82, 2.24) is 4.98 Å². The van der Waals surface area contributed by atoms with Crippen LogP contribution in [0.3, 0.4) is 0 Å². The maximum Gasteiger partial charge on any atom is 0.143 e. The number of allylic oxidation sites excluding steroid dienone is 2. The van der Waals surface area contributed by atoms with Crippen LogP contribution in [0.5, 0.6) is 0 Å². The topological polar surface area (TPSA) is 30.0 Å². The lowest BCUT2D eigenvalue weighted by atomic mass is 9.64. The first kappa shape index (κ1) is 9.76. The third-order valence-electron chi connectivity index (χ3n) is 3.97. The van der Waals surface area contributed by atoms with Crippen LogP contribution in [0.1, 0.15) is 37.4 Å². The fourth-order valence-corrected chi connectivity index (χ4v) is 2.93. The number of fused-ring (bicyclic) bond motifs is 3. The van der Waals surface area contributed by atoms with Gasteiger partial charge < -0.3 is 0 Å². The SMILES string of the molecule is C[C@]12CCc3ncccc3C1=CCCC2=O. The number of pyridine rings is 1. The van der Waals surface area contributed by atoms with Gasteiger partial charge in [0.05, 0.1) is 5.41 Å². The van der Waals surface area contributed by atoms with E-state index in [0.29, 0.717) is 12.2 Å². The van der Waals surface area contributed by atoms with Crippen LogP contribution >= 0.6 is 0 Å². The molecule has 0 bridgehead atoms. The zero-order valence-corrected chi connectivity index (χ0v) is 9.49. The molecule has 82 valence electrons. The van der Waals surface area contributed by atoms with Gasteiger partial charge in [0.2, 0.25) is 0 Å². The number of Topliss-reactive ketones (excluding diaryl/α,β-unsaturated/α-hetero) is 1. The zero-order chi connectivity index (χ0) is 11.2. The monoisotopic (exact) mass is 213 g/mol. The van der Waals surface area contributed by atoms with Gasteiger partial charge in [-0.05, 0) is 43.4 Å². The molecule has 0 radical (unpaired) electrons. The smallest absolute Gasteiger partial charge is 0.143 e. The average Bonchev–Trinajstić information content (AvgIpc) is 2.31. The fraction of sp³-hybridized carbons (Fsp3) is 0.429. The summed E-state index contributed by atoms with van der Waals surface area (Å²) in [6.45, 7) is 2.09. The van der Waals surface area contributed by atoms with Crippen molar-refractivity contribution in [1.29, 1.82) is 0 Å². The molecule has 2 nitrogen and oxygen atoms in total. The number of ketones is 1. The first-order chi connectivity index (χ1) is 7.72. The normalized spacial score (nSPS) is 28.1. The minimum atomic E-state index is -0.242. The van der Waals surface area contributed by atoms with Crippen molar-refractivity contribution in [3.63, 3.8) is 0 Å². The summed E-state index contributed by atoms with van der Waals surface area (Å²) < 4.78 is 0. The van der Waals surface area contributed by atoms with Crippen LogP contribution in [-0.2, 0) is 11.2 Å². The summed E-state index contributed by atoms with van der Waals surface area (Å²) in [5.41, 5.74) is 3.33. The van der Waals surface area contributed by atoms with E-state index in [1.54, 1.807) is 0 Å². The minimum Gasteiger partial charge on any atom is -0.299 e. The van der Waals surface area contributed by atoms with Gasteiger partial charge in [-0.3, -0.25) is 9.78 Å². The number of aryl methyl sites for hydroxylation is 1. The van der Waals surface area contributed by atoms with Gasteiger partial charge in [0.15, 0.2) is 0 Å². The van der Waals surface area contributed by atoms with Crippen molar-refractivity contribution in [3.8, 4) is 0 Å². The summed E-state index contributed by atoms with van der Waals surface area (Å²) in [7, 11) is 0. The molecule has 2 aliphatic carbocycles. The molecule has 0 aliphatic heterocycles. The molecule has 0 amide bonds. The fourth-order valence-electron chi connectivity index (χ4n) is 2.93. The van der Waals surface area contributed by atoms with Crippen LogP contribution in [0.4, 0.5) is 0 Å². The second-order valence-electron chi connectivity index (χ2n) is 4.91. The summed E-state index contributed by atoms with van der Waals surface area (Å²) in [5.74, 6) is 0.402. The predicted molar refractivity (Wildman–Crippen MR) is 62.9 cm³/mol. The Morgan fingerprint density at radius 2 is 2.25 bits per heavy atom. The van der Waals surface area contributed by atoms with Crippen LogP contribution in [0.25, 0.3) is 5.57 Å². The zero-order valence-electron chi connectivity index (χ0n) is 9.49. The third-order valence-corrected chi connectivity index (χ3v) is 3.97. The van der Waals surface area contributed by atoms with E-state index < -0.39 is 0 Å². The van der Waals surface area contributed by atoms with E-state index in [1.165, 1.54) is 11.1 Å². The molecular weight excluding hydrogens is 198 g/mol. The van der Waals surface area contributed by atoms with E-state index in [2.05, 4.69) is 24.1 Å². The molecular formula is C14H15NO. The van der Waals surface area contributed by atoms with E-state index in [0.717, 1.165) is 25.0 Å². The van der Waals surface area contributed by atoms with Crippen LogP contribution in [0.2, 0.25) is 0 Å². The average molecular weight is 213 g/mol. The van der Waals surface area contributed by atoms with Gasteiger partial charge >= 0.3 is 0 Å². The quantitative estimate of drug-likeness (QED) is 0.663. The van der Waals surface area contributed by atoms with Crippen LogP contribution in [0.15, 0.2) is 24.4 Å². The number of rotatable bonds is 0. The highest BCUT2D eigenvalue weighted by atomic mass is 16.1. The maximum absolute atomic E-state index is 12.1. The van der Waals surface area contributed by atoms with Crippen molar-refractivity contribution < 1.29 is 4.79 Å². The second kappa shape index (κ2) is 3.27. The lowest BCUT2D eigenvalue weighted by molar-refractivity contribution is -0.125. The highest BCUT2D eigenvalue weighted by molar-refractivity contribution is 6.00. The van der Waals surface area contributed by atoms with Gasteiger partial charge in [0.25, 0.3) is 0 Å². The van der Waals surface area contributed by atoms with Crippen molar-refractivity contribution >= 4 is 11.4 Å². The molecule has 1 atom stereocenters. The Morgan fingerprint density at radius 1 is 1.38 bits per heavy atom. The molecule has 3 rings (SSSR count). The van der Waals surface area contributed by atoms with Gasteiger partial charge in [-0.1, -0.05) is 12.1 Å². The Balaban J connectivity index is 2.20. The molecule has 0 unspecified atom stereocenters. The van der Waals surface area contributed by atoms with Crippen molar-refractivity contribution in [2.24, 2.45) is 5.41 Å². The van der Waals surface area contributed by atoms with E-state index >= 15 is 0 Å². The first-order valence-electron chi connectivity index (χ1n) is 5.90. The molecule has 0 spiro atoms. The van der Waals surface area contributed by atoms with Gasteiger partial charge in [-0.15, -0.1) is 0 Å². The van der Waals surface area contributed by atoms with Crippen molar-refractivity contribution in [2.75, 3.05) is 0 Å². The number of carbonyl (C=O) groups excluding carboxylic acids is 1. The van der Waals surface area contributed by atoms with E-state index in [4.69, 9.17) is 0 Å². The van der Waals surface area contributed by atoms with Crippen LogP contribution in [0, 0.1) is 5.41 Å². The molecule has 16 heavy (non-hydrogen) atoms. The molecule has 1 aromatic heterocycles. The molecule has 0 aromatic carbocycles. The Kier molecular flexibility index (Phi) is 2.00. The van der Waals surface area contributed by atoms with Gasteiger partial charge in [0, 0.05) is 18.3 Å². The standard InChI is InChI=1S/C14H15NO/c1-14-8-7-12-10(4-3-9-15-12)11(14)5-2-6-13(14)16/h3-5,9H,2,6-8H2,1H3/t14-/m0/s1. The molecule has 0 N–H and O–H groups in total. The second-order valence-corrected chi connectivity index (χ2v) is 4.91. The highest BCUT2D eigenvalue weighted by Crippen LogP contribution is 2.47. The molecule has 1 aromatic rings. The maximum atomic E-state index is 12.1. The molecule has 0 fully saturated rings. The lowest BCUT2D eigenvalue weighted by Gasteiger charge is -2.38. The number of carbonyl (C=O) groups is 1. The minimum absolute atomic E-state index is 0.242. The van der Waals surface area contributed by atoms with E-state index in [9.17, 15) is 4.79 Å². The van der Waals surface area contributed by atoms with Crippen molar-refractivity contribution in [3.05, 3.63) is 35.7 Å². The van der Waals surface area contributed by atoms with Crippen LogP contribution < -0.4 is 0 Å². The van der Waals surface area contributed by atoms with Crippen LogP contribution in [-0.4, -0.2) is 10.8 Å². The summed E-state index contributed by atoms with van der Waals surface area (Å²) in [5, 5.41) is 0. The van der Waals surface area contributed by atoms with Crippen molar-refractivity contribution in [2.45, 2.75) is 32.6 Å². The van der Waals surface area contributed by atoms with Gasteiger partial charge in [-0.2, -0.15) is 0 Å². The Labute approximate surface area is 95.4 Å². The molecule has 2 aliphatic rings. The molecule has 0 saturated heterocycles. The predicted octanol–water partition coefficient (Wildman–Crippen LogP) is 2.78. The Bertz CT molecular complexity index is 489. The van der Waals surface area contributed by atoms with E-state index in [1.807, 2.05) is 12.3 Å². The highest BCUT2D eigenvalue weighted by Gasteiger charge is 2.42. The molecule has 2 heteroatoms. The number of nitrogens with zero attached hydrogens (tertiary/aromatic N) is 1. The Morgan fingerprint density at radius 3 is 3.12 bits per heavy atom. The lowest BCUT2D eigenvalue weighted by Crippen LogP contribution is -2.35. The first-order valence-corrected chi connectivity index (χ1v) is 5.90. The summed E-state index contributed by atoms with van der Waals surface area (Å²) in [6.07, 6.45) is 7.51. The Hall–Kier alpha value is -1.44. The summed E-state index contributed by atoms with van der Waals surface area (Å²) >= 11 is 0. The van der Waals surface area contributed by atoms with Gasteiger partial charge in [-0.25, -0.2) is 0 Å². The molecule has 0 saturated carbocycles. The third kappa shape index (κ3) is 1.19. The number of aromatic nitrogens is 1. The van der Waals surface area contributed by atoms with Gasteiger partial charge in [0.1, 0.15) is 5.78 Å². The van der Waals surface area contributed by atoms with E-state index in [-0.39, 0.29) is 5.41 Å². The number of hydrogen-bond donors (Lipinski definition) is 0.